The lowest BCUT2D eigenvalue weighted by Gasteiger charge is -2.33. The van der Waals surface area contributed by atoms with E-state index >= 15 is 0 Å². The van der Waals surface area contributed by atoms with E-state index in [1.54, 1.807) is 12.1 Å². The second kappa shape index (κ2) is 7.89. The first kappa shape index (κ1) is 17.7. The van der Waals surface area contributed by atoms with Crippen molar-refractivity contribution < 1.29 is 4.39 Å². The highest BCUT2D eigenvalue weighted by molar-refractivity contribution is 5.98. The van der Waals surface area contributed by atoms with E-state index in [0.717, 1.165) is 44.0 Å². The Hall–Kier alpha value is -2.72. The average Bonchev–Trinajstić information content (AvgIpc) is 2.70. The van der Waals surface area contributed by atoms with Gasteiger partial charge in [0.2, 0.25) is 0 Å². The summed E-state index contributed by atoms with van der Waals surface area (Å²) in [4.78, 5) is 2.49. The van der Waals surface area contributed by atoms with E-state index in [9.17, 15) is 4.39 Å². The summed E-state index contributed by atoms with van der Waals surface area (Å²) >= 11 is 0. The predicted octanol–water partition coefficient (Wildman–Crippen LogP) is 4.52. The molecule has 0 amide bonds. The van der Waals surface area contributed by atoms with Gasteiger partial charge in [0, 0.05) is 32.7 Å². The molecule has 1 aliphatic rings. The Morgan fingerprint density at radius 3 is 2.37 bits per heavy atom. The van der Waals surface area contributed by atoms with Gasteiger partial charge >= 0.3 is 0 Å². The Kier molecular flexibility index (Phi) is 5.16. The van der Waals surface area contributed by atoms with Crippen LogP contribution < -0.4 is 0 Å². The highest BCUT2D eigenvalue weighted by Crippen LogP contribution is 2.20. The van der Waals surface area contributed by atoms with Crippen molar-refractivity contribution in [3.05, 3.63) is 83.7 Å². The van der Waals surface area contributed by atoms with Crippen LogP contribution in [0.5, 0.6) is 0 Å². The Balaban J connectivity index is 1.39. The zero-order chi connectivity index (χ0) is 18.6. The van der Waals surface area contributed by atoms with Gasteiger partial charge in [-0.05, 0) is 41.0 Å². The Bertz CT molecular complexity index is 936. The van der Waals surface area contributed by atoms with Gasteiger partial charge in [0.05, 0.1) is 5.71 Å². The number of halogens is 1. The van der Waals surface area contributed by atoms with Crippen molar-refractivity contribution in [1.29, 1.82) is 0 Å². The SMILES string of the molecule is CC(=NN1CCN(Cc2cccc3ccccc23)CC1)c1ccc(F)cc1. The van der Waals surface area contributed by atoms with Crippen LogP contribution in [0.25, 0.3) is 10.8 Å². The van der Waals surface area contributed by atoms with Gasteiger partial charge in [0.15, 0.2) is 0 Å². The third kappa shape index (κ3) is 4.17. The fraction of sp³-hybridized carbons (Fsp3) is 0.261. The second-order valence-corrected chi connectivity index (χ2v) is 7.06. The molecule has 138 valence electrons. The maximum absolute atomic E-state index is 13.1. The summed E-state index contributed by atoms with van der Waals surface area (Å²) in [7, 11) is 0. The molecule has 3 nitrogen and oxygen atoms in total. The number of benzene rings is 3. The van der Waals surface area contributed by atoms with Crippen molar-refractivity contribution in [3.8, 4) is 0 Å². The van der Waals surface area contributed by atoms with Crippen molar-refractivity contribution in [2.45, 2.75) is 13.5 Å². The van der Waals surface area contributed by atoms with Crippen LogP contribution in [0.1, 0.15) is 18.1 Å². The number of nitrogens with zero attached hydrogens (tertiary/aromatic N) is 3. The highest BCUT2D eigenvalue weighted by atomic mass is 19.1. The van der Waals surface area contributed by atoms with Gasteiger partial charge in [-0.2, -0.15) is 5.10 Å². The van der Waals surface area contributed by atoms with Crippen LogP contribution in [0, 0.1) is 5.82 Å². The van der Waals surface area contributed by atoms with E-state index < -0.39 is 0 Å². The van der Waals surface area contributed by atoms with Gasteiger partial charge in [0.25, 0.3) is 0 Å². The van der Waals surface area contributed by atoms with E-state index in [4.69, 9.17) is 5.10 Å². The van der Waals surface area contributed by atoms with Crippen molar-refractivity contribution in [2.24, 2.45) is 5.10 Å². The molecular formula is C23H24FN3. The molecule has 1 saturated heterocycles. The summed E-state index contributed by atoms with van der Waals surface area (Å²) < 4.78 is 13.1. The van der Waals surface area contributed by atoms with Crippen molar-refractivity contribution in [2.75, 3.05) is 26.2 Å². The summed E-state index contributed by atoms with van der Waals surface area (Å²) in [5, 5.41) is 9.49. The molecule has 0 bridgehead atoms. The van der Waals surface area contributed by atoms with Crippen LogP contribution >= 0.6 is 0 Å². The van der Waals surface area contributed by atoms with E-state index in [1.165, 1.54) is 28.5 Å². The third-order valence-electron chi connectivity index (χ3n) is 5.18. The summed E-state index contributed by atoms with van der Waals surface area (Å²) in [6, 6.07) is 21.6. The number of piperazine rings is 1. The molecule has 1 fully saturated rings. The molecule has 0 atom stereocenters. The van der Waals surface area contributed by atoms with Gasteiger partial charge < -0.3 is 0 Å². The minimum Gasteiger partial charge on any atom is -0.295 e. The molecular weight excluding hydrogens is 337 g/mol. The second-order valence-electron chi connectivity index (χ2n) is 7.06. The van der Waals surface area contributed by atoms with Crippen LogP contribution in [0.2, 0.25) is 0 Å². The van der Waals surface area contributed by atoms with Crippen LogP contribution in [0.4, 0.5) is 4.39 Å². The van der Waals surface area contributed by atoms with E-state index in [-0.39, 0.29) is 5.82 Å². The number of hydrazone groups is 1. The molecule has 0 N–H and O–H groups in total. The zero-order valence-corrected chi connectivity index (χ0v) is 15.6. The number of hydrogen-bond acceptors (Lipinski definition) is 3. The van der Waals surface area contributed by atoms with Gasteiger partial charge in [-0.3, -0.25) is 9.91 Å². The fourth-order valence-electron chi connectivity index (χ4n) is 3.63. The minimum absolute atomic E-state index is 0.214. The van der Waals surface area contributed by atoms with Crippen LogP contribution in [-0.2, 0) is 6.54 Å². The van der Waals surface area contributed by atoms with E-state index in [1.807, 2.05) is 6.92 Å². The Labute approximate surface area is 159 Å². The smallest absolute Gasteiger partial charge is 0.123 e. The van der Waals surface area contributed by atoms with Gasteiger partial charge in [-0.25, -0.2) is 4.39 Å². The molecule has 0 unspecified atom stereocenters. The Morgan fingerprint density at radius 2 is 1.59 bits per heavy atom. The minimum atomic E-state index is -0.214. The lowest BCUT2D eigenvalue weighted by molar-refractivity contribution is 0.131. The largest absolute Gasteiger partial charge is 0.295 e. The summed E-state index contributed by atoms with van der Waals surface area (Å²) in [5.41, 5.74) is 3.28. The molecule has 3 aromatic carbocycles. The van der Waals surface area contributed by atoms with Crippen LogP contribution in [-0.4, -0.2) is 41.8 Å². The molecule has 1 heterocycles. The van der Waals surface area contributed by atoms with Gasteiger partial charge in [-0.15, -0.1) is 0 Å². The molecule has 4 heteroatoms. The van der Waals surface area contributed by atoms with Gasteiger partial charge in [0.1, 0.15) is 5.82 Å². The maximum atomic E-state index is 13.1. The molecule has 3 aromatic rings. The first-order valence-corrected chi connectivity index (χ1v) is 9.44. The third-order valence-corrected chi connectivity index (χ3v) is 5.18. The number of rotatable bonds is 4. The monoisotopic (exact) mass is 361 g/mol. The molecule has 0 spiro atoms. The zero-order valence-electron chi connectivity index (χ0n) is 15.6. The predicted molar refractivity (Wildman–Crippen MR) is 109 cm³/mol. The number of fused-ring (bicyclic) bond motifs is 1. The lowest BCUT2D eigenvalue weighted by Crippen LogP contribution is -2.43. The standard InChI is InChI=1S/C23H24FN3/c1-18(19-9-11-22(24)12-10-19)25-27-15-13-26(14-16-27)17-21-7-4-6-20-5-2-3-8-23(20)21/h2-12H,13-17H2,1H3. The molecule has 0 saturated carbocycles. The van der Waals surface area contributed by atoms with Crippen LogP contribution in [0.15, 0.2) is 71.8 Å². The quantitative estimate of drug-likeness (QED) is 0.636. The van der Waals surface area contributed by atoms with Crippen molar-refractivity contribution in [1.82, 2.24) is 9.91 Å². The average molecular weight is 361 g/mol. The van der Waals surface area contributed by atoms with Crippen LogP contribution in [0.3, 0.4) is 0 Å². The van der Waals surface area contributed by atoms with E-state index in [2.05, 4.69) is 52.4 Å². The molecule has 27 heavy (non-hydrogen) atoms. The van der Waals surface area contributed by atoms with Crippen molar-refractivity contribution >= 4 is 16.5 Å². The number of hydrogen-bond donors (Lipinski definition) is 0. The summed E-state index contributed by atoms with van der Waals surface area (Å²) in [6.45, 7) is 6.74. The highest BCUT2D eigenvalue weighted by Gasteiger charge is 2.17. The maximum Gasteiger partial charge on any atom is 0.123 e. The topological polar surface area (TPSA) is 18.8 Å². The van der Waals surface area contributed by atoms with E-state index in [0.29, 0.717) is 0 Å². The Morgan fingerprint density at radius 1 is 0.889 bits per heavy atom. The summed E-state index contributed by atoms with van der Waals surface area (Å²) in [6.07, 6.45) is 0. The summed E-state index contributed by atoms with van der Waals surface area (Å²) in [5.74, 6) is -0.214. The van der Waals surface area contributed by atoms with Gasteiger partial charge in [-0.1, -0.05) is 54.6 Å². The molecule has 4 rings (SSSR count). The lowest BCUT2D eigenvalue weighted by atomic mass is 10.0. The molecule has 0 aromatic heterocycles. The first-order chi connectivity index (χ1) is 13.2. The molecule has 0 radical (unpaired) electrons. The first-order valence-electron chi connectivity index (χ1n) is 9.44. The normalized spacial score (nSPS) is 16.1. The molecule has 1 aliphatic heterocycles. The molecule has 0 aliphatic carbocycles. The fourth-order valence-corrected chi connectivity index (χ4v) is 3.63. The van der Waals surface area contributed by atoms with Crippen molar-refractivity contribution in [3.63, 3.8) is 0 Å².